The van der Waals surface area contributed by atoms with Crippen molar-refractivity contribution in [2.45, 2.75) is 104 Å². The summed E-state index contributed by atoms with van der Waals surface area (Å²) in [5, 5.41) is 2.84. The Morgan fingerprint density at radius 3 is 2.32 bits per heavy atom. The van der Waals surface area contributed by atoms with Crippen LogP contribution in [0.25, 0.3) is 0 Å². The summed E-state index contributed by atoms with van der Waals surface area (Å²) in [6, 6.07) is -0.581. The lowest BCUT2D eigenvalue weighted by molar-refractivity contribution is -0.148. The topological polar surface area (TPSA) is 64.6 Å². The molecule has 1 N–H and O–H groups in total. The predicted octanol–water partition coefficient (Wildman–Crippen LogP) is 5.86. The summed E-state index contributed by atoms with van der Waals surface area (Å²) >= 11 is 0. The Labute approximate surface area is 172 Å². The molecule has 0 spiro atoms. The lowest BCUT2D eigenvalue weighted by Crippen LogP contribution is -2.48. The number of carbonyl (C=O) groups excluding carboxylic acids is 2. The minimum Gasteiger partial charge on any atom is -0.464 e. The maximum absolute atomic E-state index is 12.7. The first-order valence-corrected chi connectivity index (χ1v) is 11.6. The van der Waals surface area contributed by atoms with Gasteiger partial charge < -0.3 is 14.8 Å². The quantitative estimate of drug-likeness (QED) is 0.312. The Balaban J connectivity index is 2.53. The van der Waals surface area contributed by atoms with Crippen molar-refractivity contribution in [1.29, 1.82) is 0 Å². The van der Waals surface area contributed by atoms with E-state index >= 15 is 0 Å². The second-order valence-corrected chi connectivity index (χ2v) is 8.74. The van der Waals surface area contributed by atoms with E-state index in [9.17, 15) is 9.59 Å². The van der Waals surface area contributed by atoms with E-state index in [0.29, 0.717) is 25.0 Å². The largest absolute Gasteiger partial charge is 0.464 e. The number of rotatable bonds is 13. The van der Waals surface area contributed by atoms with E-state index in [0.717, 1.165) is 64.2 Å². The maximum Gasteiger partial charge on any atom is 0.407 e. The van der Waals surface area contributed by atoms with Crippen molar-refractivity contribution < 1.29 is 19.1 Å². The van der Waals surface area contributed by atoms with Gasteiger partial charge in [0, 0.05) is 0 Å². The average molecular weight is 398 g/mol. The standard InChI is InChI=1S/C23H43NO4/c1-5-7-13-19(6-2)17-28-23(26)24-21(20-14-9-8-10-15-20)22(25)27-16-11-12-18(3)4/h18-21H,5-17H2,1-4H3,(H,24,26). The van der Waals surface area contributed by atoms with Gasteiger partial charge in [0.15, 0.2) is 0 Å². The molecule has 2 unspecified atom stereocenters. The number of amides is 1. The number of ether oxygens (including phenoxy) is 2. The molecule has 0 radical (unpaired) electrons. The molecule has 1 amide bonds. The van der Waals surface area contributed by atoms with Crippen molar-refractivity contribution >= 4 is 12.1 Å². The van der Waals surface area contributed by atoms with Crippen LogP contribution in [-0.4, -0.2) is 31.3 Å². The molecule has 0 bridgehead atoms. The van der Waals surface area contributed by atoms with Crippen LogP contribution in [-0.2, 0) is 14.3 Å². The number of hydrogen-bond donors (Lipinski definition) is 1. The minimum absolute atomic E-state index is 0.154. The van der Waals surface area contributed by atoms with Crippen molar-refractivity contribution in [3.8, 4) is 0 Å². The van der Waals surface area contributed by atoms with Crippen LogP contribution in [0.3, 0.4) is 0 Å². The molecule has 0 aliphatic heterocycles. The van der Waals surface area contributed by atoms with Gasteiger partial charge in [-0.3, -0.25) is 0 Å². The highest BCUT2D eigenvalue weighted by Crippen LogP contribution is 2.27. The highest BCUT2D eigenvalue weighted by molar-refractivity contribution is 5.81. The highest BCUT2D eigenvalue weighted by Gasteiger charge is 2.32. The van der Waals surface area contributed by atoms with Crippen LogP contribution in [0.15, 0.2) is 0 Å². The lowest BCUT2D eigenvalue weighted by Gasteiger charge is -2.29. The number of hydrogen-bond acceptors (Lipinski definition) is 4. The normalized spacial score (nSPS) is 17.2. The van der Waals surface area contributed by atoms with Crippen molar-refractivity contribution in [2.75, 3.05) is 13.2 Å². The molecule has 1 rings (SSSR count). The third kappa shape index (κ3) is 10.3. The van der Waals surface area contributed by atoms with Gasteiger partial charge in [-0.2, -0.15) is 0 Å². The fraction of sp³-hybridized carbons (Fsp3) is 0.913. The van der Waals surface area contributed by atoms with E-state index in [-0.39, 0.29) is 11.9 Å². The molecular weight excluding hydrogens is 354 g/mol. The van der Waals surface area contributed by atoms with Gasteiger partial charge in [-0.25, -0.2) is 9.59 Å². The first-order chi connectivity index (χ1) is 13.5. The molecule has 1 aliphatic rings. The van der Waals surface area contributed by atoms with E-state index < -0.39 is 12.1 Å². The summed E-state index contributed by atoms with van der Waals surface area (Å²) in [4.78, 5) is 25.0. The van der Waals surface area contributed by atoms with Gasteiger partial charge in [0.05, 0.1) is 13.2 Å². The van der Waals surface area contributed by atoms with Crippen LogP contribution in [0.4, 0.5) is 4.79 Å². The third-order valence-corrected chi connectivity index (χ3v) is 5.81. The zero-order chi connectivity index (χ0) is 20.8. The summed E-state index contributed by atoms with van der Waals surface area (Å²) in [5.41, 5.74) is 0. The van der Waals surface area contributed by atoms with Gasteiger partial charge in [-0.05, 0) is 49.9 Å². The fourth-order valence-corrected chi connectivity index (χ4v) is 3.85. The Morgan fingerprint density at radius 1 is 1.00 bits per heavy atom. The van der Waals surface area contributed by atoms with Gasteiger partial charge in [0.1, 0.15) is 6.04 Å². The molecule has 1 fully saturated rings. The van der Waals surface area contributed by atoms with E-state index in [1.165, 1.54) is 6.42 Å². The Bertz CT molecular complexity index is 432. The Morgan fingerprint density at radius 2 is 1.71 bits per heavy atom. The molecule has 0 aromatic rings. The molecule has 2 atom stereocenters. The lowest BCUT2D eigenvalue weighted by atomic mass is 9.84. The Kier molecular flexibility index (Phi) is 13.0. The summed E-state index contributed by atoms with van der Waals surface area (Å²) < 4.78 is 11.0. The van der Waals surface area contributed by atoms with Gasteiger partial charge >= 0.3 is 12.1 Å². The molecule has 0 aromatic heterocycles. The van der Waals surface area contributed by atoms with Gasteiger partial charge in [-0.15, -0.1) is 0 Å². The molecule has 1 aliphatic carbocycles. The van der Waals surface area contributed by atoms with Crippen molar-refractivity contribution in [3.63, 3.8) is 0 Å². The zero-order valence-corrected chi connectivity index (χ0v) is 18.6. The van der Waals surface area contributed by atoms with Gasteiger partial charge in [-0.1, -0.05) is 66.2 Å². The van der Waals surface area contributed by atoms with E-state index in [1.807, 2.05) is 0 Å². The van der Waals surface area contributed by atoms with E-state index in [4.69, 9.17) is 9.47 Å². The minimum atomic E-state index is -0.581. The molecule has 1 saturated carbocycles. The average Bonchev–Trinajstić information content (AvgIpc) is 2.70. The van der Waals surface area contributed by atoms with E-state index in [2.05, 4.69) is 33.0 Å². The van der Waals surface area contributed by atoms with Crippen molar-refractivity contribution in [3.05, 3.63) is 0 Å². The van der Waals surface area contributed by atoms with Crippen molar-refractivity contribution in [2.24, 2.45) is 17.8 Å². The molecule has 5 heteroatoms. The maximum atomic E-state index is 12.7. The second-order valence-electron chi connectivity index (χ2n) is 8.74. The van der Waals surface area contributed by atoms with Crippen LogP contribution >= 0.6 is 0 Å². The number of alkyl carbamates (subject to hydrolysis) is 1. The molecule has 164 valence electrons. The predicted molar refractivity (Wildman–Crippen MR) is 113 cm³/mol. The summed E-state index contributed by atoms with van der Waals surface area (Å²) in [6.45, 7) is 9.46. The summed E-state index contributed by atoms with van der Waals surface area (Å²) in [5.74, 6) is 0.841. The number of nitrogens with one attached hydrogen (secondary N) is 1. The number of unbranched alkanes of at least 4 members (excludes halogenated alkanes) is 1. The third-order valence-electron chi connectivity index (χ3n) is 5.81. The molecular formula is C23H43NO4. The summed E-state index contributed by atoms with van der Waals surface area (Å²) in [7, 11) is 0. The Hall–Kier alpha value is -1.26. The monoisotopic (exact) mass is 397 g/mol. The zero-order valence-electron chi connectivity index (χ0n) is 18.6. The van der Waals surface area contributed by atoms with Crippen LogP contribution in [0.2, 0.25) is 0 Å². The SMILES string of the molecule is CCCCC(CC)COC(=O)NC(C(=O)OCCCC(C)C)C1CCCCC1. The molecule has 0 heterocycles. The molecule has 28 heavy (non-hydrogen) atoms. The van der Waals surface area contributed by atoms with Crippen LogP contribution in [0, 0.1) is 17.8 Å². The molecule has 5 nitrogen and oxygen atoms in total. The second kappa shape index (κ2) is 14.7. The van der Waals surface area contributed by atoms with Gasteiger partial charge in [0.2, 0.25) is 0 Å². The van der Waals surface area contributed by atoms with Gasteiger partial charge in [0.25, 0.3) is 0 Å². The van der Waals surface area contributed by atoms with Crippen LogP contribution in [0.5, 0.6) is 0 Å². The highest BCUT2D eigenvalue weighted by atomic mass is 16.6. The first kappa shape index (κ1) is 24.8. The summed E-state index contributed by atoms with van der Waals surface area (Å²) in [6.07, 6.45) is 11.1. The van der Waals surface area contributed by atoms with Crippen LogP contribution < -0.4 is 5.32 Å². The smallest absolute Gasteiger partial charge is 0.407 e. The number of esters is 1. The first-order valence-electron chi connectivity index (χ1n) is 11.6. The van der Waals surface area contributed by atoms with Crippen molar-refractivity contribution in [1.82, 2.24) is 5.32 Å². The molecule has 0 aromatic carbocycles. The fourth-order valence-electron chi connectivity index (χ4n) is 3.85. The van der Waals surface area contributed by atoms with E-state index in [1.54, 1.807) is 0 Å². The number of carbonyl (C=O) groups is 2. The van der Waals surface area contributed by atoms with Crippen LogP contribution in [0.1, 0.15) is 98.3 Å². The molecule has 0 saturated heterocycles.